The van der Waals surface area contributed by atoms with E-state index in [1.165, 1.54) is 12.1 Å². The molecule has 126 valence electrons. The monoisotopic (exact) mass is 327 g/mol. The summed E-state index contributed by atoms with van der Waals surface area (Å²) in [7, 11) is 0. The third-order valence-electron chi connectivity index (χ3n) is 4.50. The average molecular weight is 327 g/mol. The van der Waals surface area contributed by atoms with Crippen molar-refractivity contribution < 1.29 is 9.18 Å². The zero-order valence-electron chi connectivity index (χ0n) is 14.1. The molecule has 3 rings (SSSR count). The Morgan fingerprint density at radius 3 is 2.75 bits per heavy atom. The Balaban J connectivity index is 1.77. The number of aromatic nitrogens is 2. The molecule has 4 nitrogen and oxygen atoms in total. The van der Waals surface area contributed by atoms with E-state index in [9.17, 15) is 9.18 Å². The number of ketones is 1. The van der Waals surface area contributed by atoms with E-state index >= 15 is 0 Å². The summed E-state index contributed by atoms with van der Waals surface area (Å²) in [6.45, 7) is 4.88. The van der Waals surface area contributed by atoms with Crippen molar-refractivity contribution in [3.63, 3.8) is 0 Å². The largest absolute Gasteiger partial charge is 0.353 e. The Labute approximate surface area is 141 Å². The number of rotatable bonds is 5. The quantitative estimate of drug-likeness (QED) is 0.785. The van der Waals surface area contributed by atoms with E-state index in [4.69, 9.17) is 0 Å². The molecule has 1 aliphatic heterocycles. The van der Waals surface area contributed by atoms with E-state index < -0.39 is 0 Å². The van der Waals surface area contributed by atoms with Crippen molar-refractivity contribution in [1.82, 2.24) is 9.97 Å². The highest BCUT2D eigenvalue weighted by atomic mass is 19.1. The molecule has 1 saturated heterocycles. The number of carbonyl (C=O) groups excluding carboxylic acids is 1. The van der Waals surface area contributed by atoms with Crippen LogP contribution in [0.15, 0.2) is 30.3 Å². The summed E-state index contributed by atoms with van der Waals surface area (Å²) in [5.41, 5.74) is 1.59. The molecule has 1 fully saturated rings. The van der Waals surface area contributed by atoms with Gasteiger partial charge < -0.3 is 4.90 Å². The van der Waals surface area contributed by atoms with Gasteiger partial charge in [0.25, 0.3) is 0 Å². The first-order valence-corrected chi connectivity index (χ1v) is 8.46. The van der Waals surface area contributed by atoms with Gasteiger partial charge in [0.15, 0.2) is 5.78 Å². The Morgan fingerprint density at radius 2 is 2.04 bits per heavy atom. The second-order valence-corrected chi connectivity index (χ2v) is 6.24. The Bertz CT molecular complexity index is 730. The number of carbonyl (C=O) groups is 1. The van der Waals surface area contributed by atoms with Crippen LogP contribution in [0.5, 0.6) is 0 Å². The van der Waals surface area contributed by atoms with E-state index in [1.54, 1.807) is 12.1 Å². The standard InChI is InChI=1S/C19H22FN3O/c1-3-16-11-19(22-13(2)21-16)23-10-4-5-17(23)12-18(24)14-6-8-15(20)9-7-14/h6-9,11,17H,3-5,10,12H2,1-2H3. The van der Waals surface area contributed by atoms with Crippen LogP contribution in [-0.2, 0) is 6.42 Å². The molecule has 1 atom stereocenters. The van der Waals surface area contributed by atoms with Crippen molar-refractivity contribution >= 4 is 11.6 Å². The number of Topliss-reactive ketones (excluding diaryl/α,β-unsaturated/α-hetero) is 1. The number of benzene rings is 1. The maximum Gasteiger partial charge on any atom is 0.164 e. The summed E-state index contributed by atoms with van der Waals surface area (Å²) >= 11 is 0. The average Bonchev–Trinajstić information content (AvgIpc) is 3.03. The molecule has 0 spiro atoms. The van der Waals surface area contributed by atoms with Crippen LogP contribution in [-0.4, -0.2) is 28.3 Å². The van der Waals surface area contributed by atoms with Crippen molar-refractivity contribution in [1.29, 1.82) is 0 Å². The lowest BCUT2D eigenvalue weighted by molar-refractivity contribution is 0.0974. The van der Waals surface area contributed by atoms with Crippen LogP contribution in [0.25, 0.3) is 0 Å². The number of halogens is 1. The molecule has 2 aromatic rings. The summed E-state index contributed by atoms with van der Waals surface area (Å²) < 4.78 is 13.0. The van der Waals surface area contributed by atoms with E-state index in [-0.39, 0.29) is 17.6 Å². The smallest absolute Gasteiger partial charge is 0.164 e. The van der Waals surface area contributed by atoms with Crippen molar-refractivity contribution in [2.24, 2.45) is 0 Å². The van der Waals surface area contributed by atoms with Gasteiger partial charge >= 0.3 is 0 Å². The molecule has 0 radical (unpaired) electrons. The van der Waals surface area contributed by atoms with Crippen molar-refractivity contribution in [3.8, 4) is 0 Å². The highest BCUT2D eigenvalue weighted by Gasteiger charge is 2.28. The van der Waals surface area contributed by atoms with Crippen molar-refractivity contribution in [2.45, 2.75) is 45.6 Å². The second-order valence-electron chi connectivity index (χ2n) is 6.24. The molecule has 5 heteroatoms. The zero-order chi connectivity index (χ0) is 17.1. The number of hydrogen-bond acceptors (Lipinski definition) is 4. The van der Waals surface area contributed by atoms with Gasteiger partial charge in [0.05, 0.1) is 0 Å². The molecule has 0 bridgehead atoms. The number of hydrogen-bond donors (Lipinski definition) is 0. The van der Waals surface area contributed by atoms with Gasteiger partial charge in [-0.05, 0) is 50.5 Å². The van der Waals surface area contributed by atoms with Crippen LogP contribution in [0.1, 0.15) is 48.1 Å². The fourth-order valence-corrected chi connectivity index (χ4v) is 3.26. The minimum absolute atomic E-state index is 0.0494. The molecule has 1 aromatic carbocycles. The molecular weight excluding hydrogens is 305 g/mol. The lowest BCUT2D eigenvalue weighted by Crippen LogP contribution is -2.32. The van der Waals surface area contributed by atoms with Crippen LogP contribution >= 0.6 is 0 Å². The second kappa shape index (κ2) is 7.07. The van der Waals surface area contributed by atoms with Gasteiger partial charge in [0.1, 0.15) is 17.5 Å². The van der Waals surface area contributed by atoms with Gasteiger partial charge in [-0.15, -0.1) is 0 Å². The highest BCUT2D eigenvalue weighted by molar-refractivity contribution is 5.96. The molecule has 2 heterocycles. The summed E-state index contributed by atoms with van der Waals surface area (Å²) in [4.78, 5) is 23.7. The van der Waals surface area contributed by atoms with Gasteiger partial charge in [-0.25, -0.2) is 14.4 Å². The first kappa shape index (κ1) is 16.6. The van der Waals surface area contributed by atoms with Gasteiger partial charge in [-0.2, -0.15) is 0 Å². The van der Waals surface area contributed by atoms with Crippen LogP contribution < -0.4 is 4.90 Å². The third kappa shape index (κ3) is 3.61. The van der Waals surface area contributed by atoms with Crippen LogP contribution in [0.2, 0.25) is 0 Å². The molecule has 0 aliphatic carbocycles. The van der Waals surface area contributed by atoms with E-state index in [1.807, 2.05) is 13.0 Å². The molecule has 0 amide bonds. The van der Waals surface area contributed by atoms with Gasteiger partial charge in [-0.3, -0.25) is 4.79 Å². The summed E-state index contributed by atoms with van der Waals surface area (Å²) in [5, 5.41) is 0. The van der Waals surface area contributed by atoms with Crippen LogP contribution in [0.4, 0.5) is 10.2 Å². The SMILES string of the molecule is CCc1cc(N2CCCC2CC(=O)c2ccc(F)cc2)nc(C)n1. The Morgan fingerprint density at radius 1 is 1.29 bits per heavy atom. The maximum atomic E-state index is 13.0. The third-order valence-corrected chi connectivity index (χ3v) is 4.50. The molecule has 0 N–H and O–H groups in total. The molecular formula is C19H22FN3O. The normalized spacial score (nSPS) is 17.3. The molecule has 1 aromatic heterocycles. The minimum Gasteiger partial charge on any atom is -0.353 e. The van der Waals surface area contributed by atoms with E-state index in [0.29, 0.717) is 12.0 Å². The van der Waals surface area contributed by atoms with E-state index in [0.717, 1.165) is 43.1 Å². The summed E-state index contributed by atoms with van der Waals surface area (Å²) in [6, 6.07) is 7.94. The Kier molecular flexibility index (Phi) is 4.88. The van der Waals surface area contributed by atoms with Gasteiger partial charge in [-0.1, -0.05) is 6.92 Å². The van der Waals surface area contributed by atoms with E-state index in [2.05, 4.69) is 21.8 Å². The lowest BCUT2D eigenvalue weighted by atomic mass is 10.0. The fraction of sp³-hybridized carbons (Fsp3) is 0.421. The lowest BCUT2D eigenvalue weighted by Gasteiger charge is -2.26. The molecule has 24 heavy (non-hydrogen) atoms. The summed E-state index contributed by atoms with van der Waals surface area (Å²) in [6.07, 6.45) is 3.31. The Hall–Kier alpha value is -2.30. The van der Waals surface area contributed by atoms with Gasteiger partial charge in [0, 0.05) is 36.3 Å². The molecule has 1 unspecified atom stereocenters. The zero-order valence-corrected chi connectivity index (χ0v) is 14.1. The molecule has 0 saturated carbocycles. The number of nitrogens with zero attached hydrogens (tertiary/aromatic N) is 3. The number of anilines is 1. The maximum absolute atomic E-state index is 13.0. The predicted octanol–water partition coefficient (Wildman–Crippen LogP) is 3.73. The fourth-order valence-electron chi connectivity index (χ4n) is 3.26. The highest BCUT2D eigenvalue weighted by Crippen LogP contribution is 2.27. The first-order chi connectivity index (χ1) is 11.6. The predicted molar refractivity (Wildman–Crippen MR) is 91.9 cm³/mol. The summed E-state index contributed by atoms with van der Waals surface area (Å²) in [5.74, 6) is 1.40. The topological polar surface area (TPSA) is 46.1 Å². The van der Waals surface area contributed by atoms with Gasteiger partial charge in [0.2, 0.25) is 0 Å². The molecule has 1 aliphatic rings. The first-order valence-electron chi connectivity index (χ1n) is 8.46. The van der Waals surface area contributed by atoms with Crippen LogP contribution in [0, 0.1) is 12.7 Å². The number of aryl methyl sites for hydroxylation is 2. The van der Waals surface area contributed by atoms with Crippen LogP contribution in [0.3, 0.4) is 0 Å². The minimum atomic E-state index is -0.322. The van der Waals surface area contributed by atoms with Crippen molar-refractivity contribution in [2.75, 3.05) is 11.4 Å². The van der Waals surface area contributed by atoms with Crippen molar-refractivity contribution in [3.05, 3.63) is 53.2 Å².